The van der Waals surface area contributed by atoms with E-state index < -0.39 is 17.9 Å². The molecule has 168 valence electrons. The van der Waals surface area contributed by atoms with Crippen molar-refractivity contribution in [1.29, 1.82) is 0 Å². The first-order chi connectivity index (χ1) is 16.4. The summed E-state index contributed by atoms with van der Waals surface area (Å²) in [6, 6.07) is 20.4. The monoisotopic (exact) mass is 471 g/mol. The molecule has 0 saturated carbocycles. The van der Waals surface area contributed by atoms with Crippen molar-refractivity contribution in [3.05, 3.63) is 106 Å². The predicted molar refractivity (Wildman–Crippen MR) is 130 cm³/mol. The van der Waals surface area contributed by atoms with E-state index in [4.69, 9.17) is 11.6 Å². The molecule has 5 rings (SSSR count). The summed E-state index contributed by atoms with van der Waals surface area (Å²) >= 11 is 5.92. The summed E-state index contributed by atoms with van der Waals surface area (Å²) in [5.41, 5.74) is 3.32. The number of carbonyl (C=O) groups excluding carboxylic acids is 2. The molecule has 1 fully saturated rings. The van der Waals surface area contributed by atoms with Crippen molar-refractivity contribution in [2.75, 3.05) is 4.90 Å². The molecule has 0 aliphatic carbocycles. The number of carboxylic acids is 1. The number of imide groups is 1. The zero-order valence-corrected chi connectivity index (χ0v) is 18.5. The predicted octanol–water partition coefficient (Wildman–Crippen LogP) is 5.14. The molecule has 0 bridgehead atoms. The number of aromatic nitrogens is 1. The van der Waals surface area contributed by atoms with Crippen molar-refractivity contribution in [2.24, 2.45) is 0 Å². The zero-order chi connectivity index (χ0) is 23.8. The van der Waals surface area contributed by atoms with Crippen LogP contribution >= 0.6 is 11.6 Å². The van der Waals surface area contributed by atoms with Gasteiger partial charge in [-0.25, -0.2) is 14.5 Å². The molecule has 0 spiro atoms. The first-order valence-electron chi connectivity index (χ1n) is 10.4. The number of para-hydroxylation sites is 1. The molecule has 0 radical (unpaired) electrons. The topological polar surface area (TPSA) is 91.6 Å². The van der Waals surface area contributed by atoms with Crippen LogP contribution in [0.2, 0.25) is 5.02 Å². The Morgan fingerprint density at radius 2 is 1.76 bits per heavy atom. The van der Waals surface area contributed by atoms with Gasteiger partial charge in [0.15, 0.2) is 0 Å². The van der Waals surface area contributed by atoms with Crippen LogP contribution in [0, 0.1) is 0 Å². The largest absolute Gasteiger partial charge is 0.478 e. The minimum atomic E-state index is -0.981. The first kappa shape index (κ1) is 21.5. The van der Waals surface area contributed by atoms with Crippen LogP contribution in [-0.2, 0) is 11.3 Å². The Labute approximate surface area is 199 Å². The fourth-order valence-electron chi connectivity index (χ4n) is 4.04. The van der Waals surface area contributed by atoms with Gasteiger partial charge in [0.25, 0.3) is 5.91 Å². The lowest BCUT2D eigenvalue weighted by Crippen LogP contribution is -2.30. The van der Waals surface area contributed by atoms with E-state index >= 15 is 0 Å². The molecule has 0 atom stereocenters. The number of halogens is 1. The van der Waals surface area contributed by atoms with Crippen molar-refractivity contribution >= 4 is 52.2 Å². The highest BCUT2D eigenvalue weighted by Gasteiger charge is 2.35. The fraction of sp³-hybridized carbons (Fsp3) is 0.0385. The number of hydrogen-bond acceptors (Lipinski definition) is 3. The van der Waals surface area contributed by atoms with Gasteiger partial charge in [-0.05, 0) is 54.1 Å². The number of urea groups is 1. The maximum Gasteiger partial charge on any atom is 0.335 e. The zero-order valence-electron chi connectivity index (χ0n) is 17.7. The highest BCUT2D eigenvalue weighted by molar-refractivity contribution is 6.31. The van der Waals surface area contributed by atoms with Gasteiger partial charge in [0.2, 0.25) is 0 Å². The van der Waals surface area contributed by atoms with E-state index in [0.29, 0.717) is 17.3 Å². The highest BCUT2D eigenvalue weighted by Crippen LogP contribution is 2.28. The van der Waals surface area contributed by atoms with Crippen LogP contribution in [0.25, 0.3) is 17.0 Å². The van der Waals surface area contributed by atoms with Gasteiger partial charge in [-0.2, -0.15) is 0 Å². The summed E-state index contributed by atoms with van der Waals surface area (Å²) in [5, 5.41) is 13.3. The van der Waals surface area contributed by atoms with E-state index in [9.17, 15) is 19.5 Å². The van der Waals surface area contributed by atoms with E-state index in [2.05, 4.69) is 5.32 Å². The quantitative estimate of drug-likeness (QED) is 0.311. The Bertz CT molecular complexity index is 1490. The summed E-state index contributed by atoms with van der Waals surface area (Å²) in [7, 11) is 0. The van der Waals surface area contributed by atoms with Crippen LogP contribution in [0.1, 0.15) is 21.5 Å². The van der Waals surface area contributed by atoms with Gasteiger partial charge in [0.1, 0.15) is 5.70 Å². The smallest absolute Gasteiger partial charge is 0.335 e. The molecule has 1 aliphatic heterocycles. The number of aromatic carboxylic acids is 1. The van der Waals surface area contributed by atoms with E-state index in [0.717, 1.165) is 26.9 Å². The maximum atomic E-state index is 13.0. The summed E-state index contributed by atoms with van der Waals surface area (Å²) in [6.07, 6.45) is 3.54. The number of nitrogens with one attached hydrogen (secondary N) is 1. The molecule has 0 unspecified atom stereocenters. The lowest BCUT2D eigenvalue weighted by atomic mass is 10.1. The van der Waals surface area contributed by atoms with Crippen molar-refractivity contribution in [1.82, 2.24) is 9.88 Å². The number of nitrogens with zero attached hydrogens (tertiary/aromatic N) is 2. The van der Waals surface area contributed by atoms with Gasteiger partial charge in [-0.3, -0.25) is 4.79 Å². The number of anilines is 1. The van der Waals surface area contributed by atoms with Gasteiger partial charge in [-0.1, -0.05) is 41.9 Å². The van der Waals surface area contributed by atoms with Gasteiger partial charge in [0.05, 0.1) is 11.3 Å². The first-order valence-corrected chi connectivity index (χ1v) is 10.8. The fourth-order valence-corrected chi connectivity index (χ4v) is 4.16. The van der Waals surface area contributed by atoms with Gasteiger partial charge < -0.3 is 15.0 Å². The Morgan fingerprint density at radius 3 is 2.53 bits per heavy atom. The number of amides is 3. The minimum Gasteiger partial charge on any atom is -0.478 e. The molecule has 8 heteroatoms. The average molecular weight is 472 g/mol. The standard InChI is InChI=1S/C26H18ClN3O4/c27-19-8-10-20(11-9-19)30-24(31)22(28-26(30)34)13-18-15-29(23-7-2-1-6-21(18)23)14-16-4-3-5-17(12-16)25(32)33/h1-13,15H,14H2,(H,28,34)(H,32,33). The van der Waals surface area contributed by atoms with Crippen molar-refractivity contribution in [3.8, 4) is 0 Å². The molecule has 2 N–H and O–H groups in total. The molecule has 3 amide bonds. The molecule has 34 heavy (non-hydrogen) atoms. The van der Waals surface area contributed by atoms with E-state index in [-0.39, 0.29) is 11.3 Å². The van der Waals surface area contributed by atoms with E-state index in [1.54, 1.807) is 48.5 Å². The summed E-state index contributed by atoms with van der Waals surface area (Å²) in [6.45, 7) is 0.446. The van der Waals surface area contributed by atoms with Gasteiger partial charge >= 0.3 is 12.0 Å². The second kappa shape index (κ2) is 8.53. The van der Waals surface area contributed by atoms with Crippen molar-refractivity contribution < 1.29 is 19.5 Å². The molecule has 7 nitrogen and oxygen atoms in total. The number of carboxylic acid groups (broad SMARTS) is 1. The van der Waals surface area contributed by atoms with Gasteiger partial charge in [0, 0.05) is 34.2 Å². The molecule has 2 heterocycles. The van der Waals surface area contributed by atoms with E-state index in [1.165, 1.54) is 0 Å². The Kier molecular flexibility index (Phi) is 5.39. The van der Waals surface area contributed by atoms with Crippen LogP contribution in [0.5, 0.6) is 0 Å². The van der Waals surface area contributed by atoms with Crippen LogP contribution < -0.4 is 10.2 Å². The highest BCUT2D eigenvalue weighted by atomic mass is 35.5. The second-order valence-electron chi connectivity index (χ2n) is 7.84. The SMILES string of the molecule is O=C(O)c1cccc(Cn2cc(C=C3NC(=O)N(c4ccc(Cl)cc4)C3=O)c3ccccc32)c1. The number of carbonyl (C=O) groups is 3. The third kappa shape index (κ3) is 3.93. The second-order valence-corrected chi connectivity index (χ2v) is 8.28. The molecular weight excluding hydrogens is 454 g/mol. The Hall–Kier alpha value is -4.36. The normalized spacial score (nSPS) is 14.7. The van der Waals surface area contributed by atoms with Crippen LogP contribution in [-0.4, -0.2) is 27.6 Å². The molecule has 4 aromatic rings. The summed E-state index contributed by atoms with van der Waals surface area (Å²) in [5.74, 6) is -1.44. The van der Waals surface area contributed by atoms with Crippen molar-refractivity contribution in [3.63, 3.8) is 0 Å². The lowest BCUT2D eigenvalue weighted by Gasteiger charge is -2.11. The third-order valence-electron chi connectivity index (χ3n) is 5.61. The minimum absolute atomic E-state index is 0.163. The lowest BCUT2D eigenvalue weighted by molar-refractivity contribution is -0.113. The number of rotatable bonds is 5. The number of fused-ring (bicyclic) bond motifs is 1. The molecule has 1 aromatic heterocycles. The number of hydrogen-bond donors (Lipinski definition) is 2. The van der Waals surface area contributed by atoms with Crippen LogP contribution in [0.15, 0.2) is 84.7 Å². The number of benzene rings is 3. The molecule has 1 saturated heterocycles. The summed E-state index contributed by atoms with van der Waals surface area (Å²) in [4.78, 5) is 37.9. The average Bonchev–Trinajstić information content (AvgIpc) is 3.31. The molecule has 1 aliphatic rings. The molecular formula is C26H18ClN3O4. The van der Waals surface area contributed by atoms with E-state index in [1.807, 2.05) is 41.1 Å². The third-order valence-corrected chi connectivity index (χ3v) is 5.86. The summed E-state index contributed by atoms with van der Waals surface area (Å²) < 4.78 is 1.99. The Balaban J connectivity index is 1.51. The van der Waals surface area contributed by atoms with Gasteiger partial charge in [-0.15, -0.1) is 0 Å². The maximum absolute atomic E-state index is 13.0. The molecule has 3 aromatic carbocycles. The van der Waals surface area contributed by atoms with Crippen LogP contribution in [0.4, 0.5) is 10.5 Å². The van der Waals surface area contributed by atoms with Crippen molar-refractivity contribution in [2.45, 2.75) is 6.54 Å². The Morgan fingerprint density at radius 1 is 1.00 bits per heavy atom. The van der Waals surface area contributed by atoms with Crippen LogP contribution in [0.3, 0.4) is 0 Å².